The zero-order valence-electron chi connectivity index (χ0n) is 16.0. The zero-order valence-corrected chi connectivity index (χ0v) is 16.0. The maximum absolute atomic E-state index is 12.2. The van der Waals surface area contributed by atoms with E-state index in [0.717, 1.165) is 5.56 Å². The minimum atomic E-state index is -1.01. The first-order valence-corrected chi connectivity index (χ1v) is 9.05. The summed E-state index contributed by atoms with van der Waals surface area (Å²) < 4.78 is 5.11. The number of aryl methyl sites for hydroxylation is 1. The summed E-state index contributed by atoms with van der Waals surface area (Å²) in [5.41, 5.74) is 5.94. The Kier molecular flexibility index (Phi) is 5.25. The molecule has 3 aliphatic carbocycles. The summed E-state index contributed by atoms with van der Waals surface area (Å²) in [7, 11) is 0. The van der Waals surface area contributed by atoms with Crippen LogP contribution in [-0.2, 0) is 4.79 Å². The van der Waals surface area contributed by atoms with Crippen LogP contribution in [-0.4, -0.2) is 27.9 Å². The molecule has 6 nitrogen and oxygen atoms in total. The molecule has 4 N–H and O–H groups in total. The normalized spacial score (nSPS) is 23.6. The van der Waals surface area contributed by atoms with Gasteiger partial charge >= 0.3 is 6.09 Å². The van der Waals surface area contributed by atoms with Gasteiger partial charge in [-0.05, 0) is 60.7 Å². The Bertz CT molecular complexity index is 939. The number of hydrogen-bond donors (Lipinski definition) is 2. The van der Waals surface area contributed by atoms with Gasteiger partial charge in [0.05, 0.1) is 18.4 Å². The Labute approximate surface area is 163 Å². The molecular weight excluding hydrogens is 356 g/mol. The molecule has 1 amide bonds. The van der Waals surface area contributed by atoms with E-state index in [1.165, 1.54) is 27.7 Å². The first-order chi connectivity index (χ1) is 13.0. The number of carbonyl (C=O) groups is 2. The molecule has 0 radical (unpaired) electrons. The van der Waals surface area contributed by atoms with Crippen LogP contribution in [0.1, 0.15) is 30.4 Å². The summed E-state index contributed by atoms with van der Waals surface area (Å²) in [6, 6.07) is 8.08. The standard InChI is InChI=1S/C15H15NO4.C7H6.H3N/c1-9-7-11(10-5-6-20-8-10)14-12(16(9)15(18)19)3-2-4-13(14)17;1-5-6-3-2-4-7(5)6;/h2-6,8-9,11,14H,7H2,1H3,(H,18,19);2-4H,1H3;1H3. The van der Waals surface area contributed by atoms with Crippen molar-refractivity contribution in [1.82, 2.24) is 11.1 Å². The van der Waals surface area contributed by atoms with Crippen LogP contribution in [0, 0.1) is 12.8 Å². The fourth-order valence-electron chi connectivity index (χ4n) is 4.20. The predicted molar refractivity (Wildman–Crippen MR) is 106 cm³/mol. The third kappa shape index (κ3) is 3.27. The van der Waals surface area contributed by atoms with E-state index in [2.05, 4.69) is 25.1 Å². The van der Waals surface area contributed by atoms with Crippen molar-refractivity contribution in [3.05, 3.63) is 71.8 Å². The van der Waals surface area contributed by atoms with Gasteiger partial charge in [-0.2, -0.15) is 0 Å². The van der Waals surface area contributed by atoms with E-state index in [1.54, 1.807) is 24.7 Å². The lowest BCUT2D eigenvalue weighted by Gasteiger charge is -2.43. The molecule has 0 spiro atoms. The highest BCUT2D eigenvalue weighted by Crippen LogP contribution is 2.44. The number of carbonyl (C=O) groups excluding carboxylic acids is 1. The molecule has 0 saturated carbocycles. The molecule has 5 rings (SSSR count). The summed E-state index contributed by atoms with van der Waals surface area (Å²) in [4.78, 5) is 25.0. The molecular formula is C22H24N2O4. The van der Waals surface area contributed by atoms with Crippen molar-refractivity contribution in [2.45, 2.75) is 32.2 Å². The largest absolute Gasteiger partial charge is 0.472 e. The Morgan fingerprint density at radius 1 is 1.25 bits per heavy atom. The smallest absolute Gasteiger partial charge is 0.411 e. The maximum atomic E-state index is 12.2. The minimum Gasteiger partial charge on any atom is -0.472 e. The highest BCUT2D eigenvalue weighted by Gasteiger charge is 2.44. The number of amides is 1. The lowest BCUT2D eigenvalue weighted by atomic mass is 9.73. The van der Waals surface area contributed by atoms with E-state index in [0.29, 0.717) is 12.1 Å². The van der Waals surface area contributed by atoms with Gasteiger partial charge in [0, 0.05) is 17.7 Å². The van der Waals surface area contributed by atoms with Gasteiger partial charge in [-0.25, -0.2) is 4.79 Å². The zero-order chi connectivity index (χ0) is 19.1. The van der Waals surface area contributed by atoms with Crippen LogP contribution in [0.25, 0.3) is 11.1 Å². The van der Waals surface area contributed by atoms with Crippen molar-refractivity contribution in [1.29, 1.82) is 0 Å². The van der Waals surface area contributed by atoms with Crippen molar-refractivity contribution in [2.75, 3.05) is 0 Å². The number of ketones is 1. The molecule has 0 bridgehead atoms. The highest BCUT2D eigenvalue weighted by molar-refractivity contribution is 5.97. The Morgan fingerprint density at radius 3 is 2.50 bits per heavy atom. The lowest BCUT2D eigenvalue weighted by molar-refractivity contribution is -0.119. The molecule has 0 aromatic carbocycles. The summed E-state index contributed by atoms with van der Waals surface area (Å²) in [6.45, 7) is 4.02. The first-order valence-electron chi connectivity index (χ1n) is 9.05. The summed E-state index contributed by atoms with van der Waals surface area (Å²) in [5.74, 6) is -0.528. The minimum absolute atomic E-state index is 0. The number of nitrogens with zero attached hydrogens (tertiary/aromatic N) is 1. The first kappa shape index (κ1) is 19.6. The highest BCUT2D eigenvalue weighted by atomic mass is 16.4. The molecule has 2 heterocycles. The van der Waals surface area contributed by atoms with Crippen LogP contribution >= 0.6 is 0 Å². The number of allylic oxidation sites excluding steroid dienone is 4. The molecule has 1 aliphatic heterocycles. The van der Waals surface area contributed by atoms with Gasteiger partial charge in [0.1, 0.15) is 0 Å². The van der Waals surface area contributed by atoms with E-state index in [4.69, 9.17) is 4.42 Å². The lowest BCUT2D eigenvalue weighted by Crippen LogP contribution is -2.48. The quantitative estimate of drug-likeness (QED) is 0.624. The van der Waals surface area contributed by atoms with E-state index in [-0.39, 0.29) is 23.9 Å². The summed E-state index contributed by atoms with van der Waals surface area (Å²) in [5, 5.41) is 9.38. The van der Waals surface area contributed by atoms with E-state index in [1.807, 2.05) is 13.0 Å². The monoisotopic (exact) mass is 380 g/mol. The Hall–Kier alpha value is -3.12. The van der Waals surface area contributed by atoms with Crippen molar-refractivity contribution < 1.29 is 19.1 Å². The van der Waals surface area contributed by atoms with Gasteiger partial charge in [-0.15, -0.1) is 0 Å². The molecule has 28 heavy (non-hydrogen) atoms. The van der Waals surface area contributed by atoms with Crippen LogP contribution in [0.4, 0.5) is 4.79 Å². The third-order valence-corrected chi connectivity index (χ3v) is 5.61. The Balaban J connectivity index is 0.000000235. The van der Waals surface area contributed by atoms with Crippen LogP contribution in [0.3, 0.4) is 0 Å². The number of likely N-dealkylation sites (tertiary alicyclic amines) is 1. The average Bonchev–Trinajstić information content (AvgIpc) is 3.12. The topological polar surface area (TPSA) is 106 Å². The second-order valence-corrected chi connectivity index (χ2v) is 7.21. The fourth-order valence-corrected chi connectivity index (χ4v) is 4.20. The van der Waals surface area contributed by atoms with Crippen LogP contribution in [0.2, 0.25) is 0 Å². The van der Waals surface area contributed by atoms with Gasteiger partial charge in [0.2, 0.25) is 0 Å². The number of benzene rings is 1. The van der Waals surface area contributed by atoms with Crippen LogP contribution < -0.4 is 6.15 Å². The van der Waals surface area contributed by atoms with Crippen LogP contribution in [0.5, 0.6) is 0 Å². The van der Waals surface area contributed by atoms with Crippen molar-refractivity contribution in [3.63, 3.8) is 0 Å². The molecule has 3 unspecified atom stereocenters. The number of furan rings is 1. The second-order valence-electron chi connectivity index (χ2n) is 7.21. The van der Waals surface area contributed by atoms with Gasteiger partial charge in [0.15, 0.2) is 5.78 Å². The summed E-state index contributed by atoms with van der Waals surface area (Å²) in [6.07, 6.45) is 7.66. The molecule has 146 valence electrons. The van der Waals surface area contributed by atoms with Crippen molar-refractivity contribution in [3.8, 4) is 11.1 Å². The van der Waals surface area contributed by atoms with E-state index in [9.17, 15) is 14.7 Å². The molecule has 1 aromatic rings. The maximum Gasteiger partial charge on any atom is 0.411 e. The number of hydrogen-bond acceptors (Lipinski definition) is 4. The third-order valence-electron chi connectivity index (χ3n) is 5.61. The average molecular weight is 380 g/mol. The van der Waals surface area contributed by atoms with E-state index >= 15 is 0 Å². The fraction of sp³-hybridized carbons (Fsp3) is 0.273. The molecule has 6 heteroatoms. The number of rotatable bonds is 1. The number of carboxylic acid groups (broad SMARTS) is 1. The molecule has 1 saturated heterocycles. The van der Waals surface area contributed by atoms with Crippen LogP contribution in [0.15, 0.2) is 65.1 Å². The molecule has 4 aliphatic rings. The van der Waals surface area contributed by atoms with Crippen molar-refractivity contribution >= 4 is 11.9 Å². The van der Waals surface area contributed by atoms with Gasteiger partial charge in [0.25, 0.3) is 0 Å². The Morgan fingerprint density at radius 2 is 1.96 bits per heavy atom. The van der Waals surface area contributed by atoms with Gasteiger partial charge < -0.3 is 15.7 Å². The van der Waals surface area contributed by atoms with E-state index < -0.39 is 12.0 Å². The van der Waals surface area contributed by atoms with Crippen molar-refractivity contribution in [2.24, 2.45) is 5.92 Å². The number of piperidine rings is 1. The number of fused-ring (bicyclic) bond motifs is 2. The summed E-state index contributed by atoms with van der Waals surface area (Å²) >= 11 is 0. The van der Waals surface area contributed by atoms with Gasteiger partial charge in [-0.1, -0.05) is 24.3 Å². The molecule has 3 atom stereocenters. The van der Waals surface area contributed by atoms with Gasteiger partial charge in [-0.3, -0.25) is 9.69 Å². The SMILES string of the molecule is CC1CC(c2ccoc2)C2C(=O)C=CC=C2N1C(=O)O.Cc1c2cccc1-2.N. The predicted octanol–water partition coefficient (Wildman–Crippen LogP) is 4.91. The molecule has 1 aromatic heterocycles. The second kappa shape index (κ2) is 7.48. The molecule has 1 fully saturated rings.